The van der Waals surface area contributed by atoms with Gasteiger partial charge in [0.05, 0.1) is 25.6 Å². The Morgan fingerprint density at radius 1 is 1.16 bits per heavy atom. The summed E-state index contributed by atoms with van der Waals surface area (Å²) >= 11 is 6.83. The number of nitrogens with zero attached hydrogens (tertiary/aromatic N) is 1. The number of Topliss-reactive ketones (excluding diaryl/α,β-unsaturated/α-hetero) is 1. The first-order valence-corrected chi connectivity index (χ1v) is 11.7. The van der Waals surface area contributed by atoms with Crippen molar-refractivity contribution in [3.8, 4) is 0 Å². The van der Waals surface area contributed by atoms with Gasteiger partial charge in [0, 0.05) is 13.1 Å². The number of piperidine rings is 1. The maximum Gasteiger partial charge on any atom is 0.416 e. The van der Waals surface area contributed by atoms with E-state index in [9.17, 15) is 31.2 Å². The third-order valence-corrected chi connectivity index (χ3v) is 7.95. The molecule has 1 saturated heterocycles. The number of hydrogen-bond donors (Lipinski definition) is 0. The molecule has 0 unspecified atom stereocenters. The molecule has 1 fully saturated rings. The predicted molar refractivity (Wildman–Crippen MR) is 108 cm³/mol. The number of ether oxygens (including phenoxy) is 1. The average Bonchev–Trinajstić information content (AvgIpc) is 3.17. The number of carbonyl (C=O) groups excluding carboxylic acids is 2. The smallest absolute Gasteiger partial charge is 0.416 e. The first-order chi connectivity index (χ1) is 14.5. The van der Waals surface area contributed by atoms with E-state index in [4.69, 9.17) is 16.3 Å². The highest BCUT2D eigenvalue weighted by molar-refractivity contribution is 7.89. The molecule has 1 aromatic carbocycles. The highest BCUT2D eigenvalue weighted by Crippen LogP contribution is 2.32. The van der Waals surface area contributed by atoms with Crippen molar-refractivity contribution in [2.45, 2.75) is 23.9 Å². The summed E-state index contributed by atoms with van der Waals surface area (Å²) in [6.07, 6.45) is -4.39. The molecule has 2 aromatic rings. The van der Waals surface area contributed by atoms with Gasteiger partial charge in [0.25, 0.3) is 0 Å². The van der Waals surface area contributed by atoms with E-state index < -0.39 is 50.9 Å². The van der Waals surface area contributed by atoms with Gasteiger partial charge in [-0.1, -0.05) is 17.7 Å². The quantitative estimate of drug-likeness (QED) is 0.442. The lowest BCUT2D eigenvalue weighted by atomic mass is 9.98. The normalized spacial score (nSPS) is 16.3. The number of alkyl halides is 3. The fourth-order valence-corrected chi connectivity index (χ4v) is 5.59. The molecule has 0 atom stereocenters. The number of carbonyl (C=O) groups is 2. The van der Waals surface area contributed by atoms with Crippen LogP contribution in [-0.2, 0) is 25.7 Å². The average molecular weight is 496 g/mol. The van der Waals surface area contributed by atoms with E-state index in [1.54, 1.807) is 6.07 Å². The Balaban J connectivity index is 1.57. The molecular formula is C19H17ClF3NO5S2. The number of halogens is 4. The number of hydrogen-bond acceptors (Lipinski definition) is 6. The summed E-state index contributed by atoms with van der Waals surface area (Å²) in [6.45, 7) is -0.544. The zero-order chi connectivity index (χ0) is 22.8. The van der Waals surface area contributed by atoms with Gasteiger partial charge in [-0.15, -0.1) is 11.3 Å². The van der Waals surface area contributed by atoms with Crippen molar-refractivity contribution >= 4 is 44.7 Å². The third kappa shape index (κ3) is 5.65. The Hall–Kier alpha value is -1.95. The molecule has 0 amide bonds. The molecule has 1 aromatic heterocycles. The van der Waals surface area contributed by atoms with E-state index in [-0.39, 0.29) is 25.9 Å². The lowest BCUT2D eigenvalue weighted by Crippen LogP contribution is -2.40. The molecule has 1 aliphatic rings. The topological polar surface area (TPSA) is 80.8 Å². The van der Waals surface area contributed by atoms with E-state index >= 15 is 0 Å². The fraction of sp³-hybridized carbons (Fsp3) is 0.368. The van der Waals surface area contributed by atoms with Gasteiger partial charge in [-0.25, -0.2) is 8.42 Å². The highest BCUT2D eigenvalue weighted by Gasteiger charge is 2.35. The molecule has 12 heteroatoms. The Kier molecular flexibility index (Phi) is 7.09. The minimum atomic E-state index is -4.66. The summed E-state index contributed by atoms with van der Waals surface area (Å²) in [5, 5.41) is 0. The van der Waals surface area contributed by atoms with Crippen LogP contribution in [0.4, 0.5) is 13.2 Å². The second-order valence-corrected chi connectivity index (χ2v) is 10.5. The van der Waals surface area contributed by atoms with E-state index in [1.165, 1.54) is 6.07 Å². The molecular weight excluding hydrogens is 479 g/mol. The molecule has 0 saturated carbocycles. The molecule has 6 nitrogen and oxygen atoms in total. The summed E-state index contributed by atoms with van der Waals surface area (Å²) in [5.74, 6) is -1.62. The van der Waals surface area contributed by atoms with Gasteiger partial charge in [0.15, 0.2) is 6.61 Å². The number of rotatable bonds is 6. The monoisotopic (exact) mass is 495 g/mol. The van der Waals surface area contributed by atoms with Crippen molar-refractivity contribution < 1.29 is 35.9 Å². The minimum Gasteiger partial charge on any atom is -0.457 e. The fourth-order valence-electron chi connectivity index (χ4n) is 3.10. The van der Waals surface area contributed by atoms with Crippen molar-refractivity contribution in [3.05, 3.63) is 51.2 Å². The number of benzene rings is 1. The zero-order valence-electron chi connectivity index (χ0n) is 15.9. The lowest BCUT2D eigenvalue weighted by Gasteiger charge is -2.30. The summed E-state index contributed by atoms with van der Waals surface area (Å²) in [5.41, 5.74) is -1.05. The standard InChI is InChI=1S/C19H17ClF3NO5S2/c20-17-5-4-16(30-17)15(25)11-29-18(26)12-6-8-24(9-7-12)31(27,28)14-3-1-2-13(10-14)19(21,22)23/h1-5,10,12H,6-9,11H2. The Morgan fingerprint density at radius 3 is 2.42 bits per heavy atom. The van der Waals surface area contributed by atoms with Crippen LogP contribution in [0, 0.1) is 5.92 Å². The van der Waals surface area contributed by atoms with Crippen molar-refractivity contribution in [2.24, 2.45) is 5.92 Å². The predicted octanol–water partition coefficient (Wildman–Crippen LogP) is 4.25. The molecule has 2 heterocycles. The molecule has 0 radical (unpaired) electrons. The van der Waals surface area contributed by atoms with Crippen LogP contribution in [0.2, 0.25) is 4.34 Å². The van der Waals surface area contributed by atoms with E-state index in [1.807, 2.05) is 0 Å². The van der Waals surface area contributed by atoms with Gasteiger partial charge in [0.2, 0.25) is 15.8 Å². The largest absolute Gasteiger partial charge is 0.457 e. The van der Waals surface area contributed by atoms with Gasteiger partial charge in [0.1, 0.15) is 0 Å². The molecule has 1 aliphatic heterocycles. The Morgan fingerprint density at radius 2 is 1.84 bits per heavy atom. The molecule has 0 aliphatic carbocycles. The van der Waals surface area contributed by atoms with Crippen LogP contribution in [-0.4, -0.2) is 44.2 Å². The highest BCUT2D eigenvalue weighted by atomic mass is 35.5. The summed E-state index contributed by atoms with van der Waals surface area (Å²) in [4.78, 5) is 24.1. The van der Waals surface area contributed by atoms with Crippen molar-refractivity contribution in [1.82, 2.24) is 4.31 Å². The second kappa shape index (κ2) is 9.27. The molecule has 0 bridgehead atoms. The Bertz CT molecular complexity index is 1080. The van der Waals surface area contributed by atoms with Crippen molar-refractivity contribution in [3.63, 3.8) is 0 Å². The van der Waals surface area contributed by atoms with Crippen LogP contribution in [0.15, 0.2) is 41.3 Å². The summed E-state index contributed by atoms with van der Waals surface area (Å²) in [7, 11) is -4.14. The van der Waals surface area contributed by atoms with E-state index in [2.05, 4.69) is 0 Å². The van der Waals surface area contributed by atoms with Crippen LogP contribution < -0.4 is 0 Å². The van der Waals surface area contributed by atoms with E-state index in [0.29, 0.717) is 15.3 Å². The summed E-state index contributed by atoms with van der Waals surface area (Å²) in [6, 6.07) is 6.62. The van der Waals surface area contributed by atoms with Gasteiger partial charge in [-0.2, -0.15) is 17.5 Å². The van der Waals surface area contributed by atoms with Crippen LogP contribution in [0.5, 0.6) is 0 Å². The van der Waals surface area contributed by atoms with Gasteiger partial charge in [-0.3, -0.25) is 9.59 Å². The van der Waals surface area contributed by atoms with Gasteiger partial charge in [-0.05, 0) is 43.2 Å². The molecule has 168 valence electrons. The summed E-state index contributed by atoms with van der Waals surface area (Å²) < 4.78 is 70.6. The lowest BCUT2D eigenvalue weighted by molar-refractivity contribution is -0.148. The Labute approximate surface area is 185 Å². The van der Waals surface area contributed by atoms with Crippen molar-refractivity contribution in [2.75, 3.05) is 19.7 Å². The molecule has 0 N–H and O–H groups in total. The zero-order valence-corrected chi connectivity index (χ0v) is 18.3. The molecule has 3 rings (SSSR count). The minimum absolute atomic E-state index is 0.0488. The van der Waals surface area contributed by atoms with Crippen LogP contribution in [0.25, 0.3) is 0 Å². The SMILES string of the molecule is O=C(COC(=O)C1CCN(S(=O)(=O)c2cccc(C(F)(F)F)c2)CC1)c1ccc(Cl)s1. The first kappa shape index (κ1) is 23.7. The second-order valence-electron chi connectivity index (χ2n) is 6.84. The maximum atomic E-state index is 12.9. The van der Waals surface area contributed by atoms with Crippen LogP contribution in [0.1, 0.15) is 28.1 Å². The van der Waals surface area contributed by atoms with Crippen LogP contribution in [0.3, 0.4) is 0 Å². The maximum absolute atomic E-state index is 12.9. The van der Waals surface area contributed by atoms with Crippen LogP contribution >= 0.6 is 22.9 Å². The molecule has 0 spiro atoms. The van der Waals surface area contributed by atoms with Gasteiger partial charge < -0.3 is 4.74 Å². The third-order valence-electron chi connectivity index (χ3n) is 4.78. The van der Waals surface area contributed by atoms with Crippen molar-refractivity contribution in [1.29, 1.82) is 0 Å². The number of sulfonamides is 1. The number of esters is 1. The number of thiophene rings is 1. The van der Waals surface area contributed by atoms with E-state index in [0.717, 1.165) is 33.8 Å². The molecule has 31 heavy (non-hydrogen) atoms. The first-order valence-electron chi connectivity index (χ1n) is 9.11. The number of ketones is 1. The van der Waals surface area contributed by atoms with Gasteiger partial charge >= 0.3 is 12.1 Å².